The fourth-order valence-electron chi connectivity index (χ4n) is 3.45. The number of fused-ring (bicyclic) bond motifs is 1. The lowest BCUT2D eigenvalue weighted by Crippen LogP contribution is -2.29. The Bertz CT molecular complexity index is 1340. The molecule has 0 unspecified atom stereocenters. The molecule has 0 aliphatic rings. The smallest absolute Gasteiger partial charge is 0.267 e. The number of hydrogen-bond acceptors (Lipinski definition) is 4. The van der Waals surface area contributed by atoms with Gasteiger partial charge in [-0.1, -0.05) is 72.3 Å². The lowest BCUT2D eigenvalue weighted by molar-refractivity contribution is 0.0949. The predicted octanol–water partition coefficient (Wildman–Crippen LogP) is 3.83. The van der Waals surface area contributed by atoms with Gasteiger partial charge in [-0.2, -0.15) is 10.2 Å². The molecule has 0 atom stereocenters. The van der Waals surface area contributed by atoms with E-state index in [0.29, 0.717) is 10.8 Å². The van der Waals surface area contributed by atoms with E-state index in [2.05, 4.69) is 21.7 Å². The van der Waals surface area contributed by atoms with Crippen LogP contribution in [-0.4, -0.2) is 21.9 Å². The van der Waals surface area contributed by atoms with Gasteiger partial charge in [0.05, 0.1) is 18.1 Å². The summed E-state index contributed by atoms with van der Waals surface area (Å²) in [4.78, 5) is 25.8. The first kappa shape index (κ1) is 20.2. The summed E-state index contributed by atoms with van der Waals surface area (Å²) in [5.74, 6) is -0.473. The summed E-state index contributed by atoms with van der Waals surface area (Å²) in [6.07, 6.45) is 1.61. The second-order valence-corrected chi connectivity index (χ2v) is 7.40. The van der Waals surface area contributed by atoms with Gasteiger partial charge in [0.1, 0.15) is 0 Å². The Morgan fingerprint density at radius 2 is 1.71 bits per heavy atom. The van der Waals surface area contributed by atoms with Crippen LogP contribution in [0.15, 0.2) is 82.7 Å². The Labute approximate surface area is 179 Å². The monoisotopic (exact) mass is 410 g/mol. The summed E-state index contributed by atoms with van der Waals surface area (Å²) < 4.78 is 1.32. The molecule has 0 saturated heterocycles. The van der Waals surface area contributed by atoms with Crippen molar-refractivity contribution < 1.29 is 4.79 Å². The van der Waals surface area contributed by atoms with E-state index in [4.69, 9.17) is 0 Å². The number of aromatic nitrogens is 2. The second-order valence-electron chi connectivity index (χ2n) is 7.40. The van der Waals surface area contributed by atoms with Gasteiger partial charge in [-0.05, 0) is 36.6 Å². The lowest BCUT2D eigenvalue weighted by Gasteiger charge is -2.10. The Hall–Kier alpha value is -4.06. The van der Waals surface area contributed by atoms with E-state index in [1.54, 1.807) is 30.5 Å². The van der Waals surface area contributed by atoms with Crippen molar-refractivity contribution in [2.45, 2.75) is 20.4 Å². The van der Waals surface area contributed by atoms with Crippen LogP contribution in [0.4, 0.5) is 0 Å². The van der Waals surface area contributed by atoms with Gasteiger partial charge in [0, 0.05) is 5.39 Å². The molecule has 4 aromatic rings. The molecule has 0 fully saturated rings. The quantitative estimate of drug-likeness (QED) is 0.401. The summed E-state index contributed by atoms with van der Waals surface area (Å²) in [5, 5.41) is 9.41. The van der Waals surface area contributed by atoms with Crippen LogP contribution in [0.3, 0.4) is 0 Å². The van der Waals surface area contributed by atoms with Crippen LogP contribution < -0.4 is 11.0 Å². The zero-order chi connectivity index (χ0) is 21.8. The van der Waals surface area contributed by atoms with Gasteiger partial charge < -0.3 is 0 Å². The molecular weight excluding hydrogens is 388 g/mol. The fraction of sp³-hybridized carbons (Fsp3) is 0.120. The van der Waals surface area contributed by atoms with Crippen molar-refractivity contribution in [3.8, 4) is 0 Å². The number of nitrogens with zero attached hydrogens (tertiary/aromatic N) is 3. The van der Waals surface area contributed by atoms with Crippen LogP contribution in [0.1, 0.15) is 32.7 Å². The average molecular weight is 410 g/mol. The third-order valence-corrected chi connectivity index (χ3v) is 5.05. The molecule has 0 aliphatic carbocycles. The van der Waals surface area contributed by atoms with Crippen molar-refractivity contribution >= 4 is 22.9 Å². The molecule has 0 saturated carbocycles. The normalized spacial score (nSPS) is 11.2. The van der Waals surface area contributed by atoms with Crippen LogP contribution in [-0.2, 0) is 6.54 Å². The van der Waals surface area contributed by atoms with Crippen molar-refractivity contribution in [1.82, 2.24) is 15.2 Å². The van der Waals surface area contributed by atoms with Crippen molar-refractivity contribution in [2.24, 2.45) is 5.10 Å². The van der Waals surface area contributed by atoms with Gasteiger partial charge in [0.15, 0.2) is 5.69 Å². The maximum atomic E-state index is 12.9. The van der Waals surface area contributed by atoms with E-state index in [-0.39, 0.29) is 17.8 Å². The lowest BCUT2D eigenvalue weighted by atomic mass is 10.1. The van der Waals surface area contributed by atoms with Crippen LogP contribution in [0.25, 0.3) is 10.8 Å². The zero-order valence-electron chi connectivity index (χ0n) is 17.4. The fourth-order valence-corrected chi connectivity index (χ4v) is 3.45. The Morgan fingerprint density at radius 3 is 2.45 bits per heavy atom. The molecule has 1 heterocycles. The highest BCUT2D eigenvalue weighted by Gasteiger charge is 2.16. The molecule has 1 N–H and O–H groups in total. The topological polar surface area (TPSA) is 76.3 Å². The van der Waals surface area contributed by atoms with E-state index in [0.717, 1.165) is 22.3 Å². The third-order valence-electron chi connectivity index (χ3n) is 5.05. The zero-order valence-corrected chi connectivity index (χ0v) is 17.4. The molecule has 6 heteroatoms. The van der Waals surface area contributed by atoms with E-state index in [1.165, 1.54) is 4.68 Å². The summed E-state index contributed by atoms with van der Waals surface area (Å²) in [6.45, 7) is 4.29. The number of amides is 1. The largest absolute Gasteiger partial charge is 0.292 e. The average Bonchev–Trinajstić information content (AvgIpc) is 2.78. The number of carbonyl (C=O) groups excluding carboxylic acids is 1. The highest BCUT2D eigenvalue weighted by Crippen LogP contribution is 2.14. The molecular formula is C25H22N4O2. The van der Waals surface area contributed by atoms with Gasteiger partial charge in [0.25, 0.3) is 11.5 Å². The van der Waals surface area contributed by atoms with Gasteiger partial charge in [-0.15, -0.1) is 0 Å². The van der Waals surface area contributed by atoms with Crippen molar-refractivity contribution in [1.29, 1.82) is 0 Å². The van der Waals surface area contributed by atoms with Crippen LogP contribution in [0.5, 0.6) is 0 Å². The molecule has 6 nitrogen and oxygen atoms in total. The highest BCUT2D eigenvalue weighted by molar-refractivity contribution is 6.05. The predicted molar refractivity (Wildman–Crippen MR) is 123 cm³/mol. The van der Waals surface area contributed by atoms with Crippen molar-refractivity contribution in [3.05, 3.63) is 111 Å². The summed E-state index contributed by atoms with van der Waals surface area (Å²) in [5.41, 5.74) is 6.53. The molecule has 0 aliphatic heterocycles. The summed E-state index contributed by atoms with van der Waals surface area (Å²) >= 11 is 0. The van der Waals surface area contributed by atoms with Crippen molar-refractivity contribution in [3.63, 3.8) is 0 Å². The molecule has 1 amide bonds. The van der Waals surface area contributed by atoms with E-state index < -0.39 is 5.91 Å². The molecule has 31 heavy (non-hydrogen) atoms. The standard InChI is InChI=1S/C25H22N4O2/c1-17-12-13-20(18(2)14-17)15-26-27-24(30)23-21-10-6-7-11-22(21)25(31)29(28-23)16-19-8-4-3-5-9-19/h3-15H,16H2,1-2H3,(H,27,30)/b26-15+. The summed E-state index contributed by atoms with van der Waals surface area (Å²) in [7, 11) is 0. The summed E-state index contributed by atoms with van der Waals surface area (Å²) in [6, 6.07) is 22.5. The molecule has 0 radical (unpaired) electrons. The molecule has 0 spiro atoms. The van der Waals surface area contributed by atoms with E-state index in [9.17, 15) is 9.59 Å². The molecule has 1 aromatic heterocycles. The molecule has 3 aromatic carbocycles. The number of nitrogens with one attached hydrogen (secondary N) is 1. The van der Waals surface area contributed by atoms with E-state index in [1.807, 2.05) is 56.3 Å². The number of hydrogen-bond donors (Lipinski definition) is 1. The number of benzene rings is 3. The van der Waals surface area contributed by atoms with Crippen LogP contribution >= 0.6 is 0 Å². The maximum absolute atomic E-state index is 12.9. The number of aryl methyl sites for hydroxylation is 2. The SMILES string of the molecule is Cc1ccc(/C=N/NC(=O)c2nn(Cc3ccccc3)c(=O)c3ccccc23)c(C)c1. The van der Waals surface area contributed by atoms with Gasteiger partial charge in [-0.25, -0.2) is 10.1 Å². The molecule has 0 bridgehead atoms. The van der Waals surface area contributed by atoms with Crippen LogP contribution in [0, 0.1) is 13.8 Å². The van der Waals surface area contributed by atoms with Gasteiger partial charge >= 0.3 is 0 Å². The Morgan fingerprint density at radius 1 is 1.00 bits per heavy atom. The first-order chi connectivity index (χ1) is 15.0. The number of carbonyl (C=O) groups is 1. The van der Waals surface area contributed by atoms with Gasteiger partial charge in [-0.3, -0.25) is 9.59 Å². The first-order valence-corrected chi connectivity index (χ1v) is 9.97. The van der Waals surface area contributed by atoms with Crippen LogP contribution in [0.2, 0.25) is 0 Å². The minimum atomic E-state index is -0.473. The molecule has 4 rings (SSSR count). The first-order valence-electron chi connectivity index (χ1n) is 9.97. The Balaban J connectivity index is 1.67. The number of rotatable bonds is 5. The van der Waals surface area contributed by atoms with E-state index >= 15 is 0 Å². The maximum Gasteiger partial charge on any atom is 0.292 e. The number of hydrazone groups is 1. The Kier molecular flexibility index (Phi) is 5.71. The molecule has 154 valence electrons. The van der Waals surface area contributed by atoms with Gasteiger partial charge in [0.2, 0.25) is 0 Å². The minimum Gasteiger partial charge on any atom is -0.267 e. The van der Waals surface area contributed by atoms with Crippen molar-refractivity contribution in [2.75, 3.05) is 0 Å². The highest BCUT2D eigenvalue weighted by atomic mass is 16.2. The third kappa shape index (κ3) is 4.43. The second kappa shape index (κ2) is 8.75. The minimum absolute atomic E-state index is 0.156.